The molecule has 8 nitrogen and oxygen atoms in total. The maximum Gasteiger partial charge on any atom is 0.140 e. The van der Waals surface area contributed by atoms with E-state index in [1.54, 1.807) is 0 Å². The second kappa shape index (κ2) is 24.9. The molecule has 0 radical (unpaired) electrons. The molecule has 0 saturated carbocycles. The summed E-state index contributed by atoms with van der Waals surface area (Å²) in [7, 11) is 0. The summed E-state index contributed by atoms with van der Waals surface area (Å²) in [6.07, 6.45) is 3.72. The number of hydrogen-bond acceptors (Lipinski definition) is 6. The van der Waals surface area contributed by atoms with Gasteiger partial charge < -0.3 is 19.6 Å². The molecular formula is C88H62N8. The lowest BCUT2D eigenvalue weighted by molar-refractivity contribution is 1.01. The summed E-state index contributed by atoms with van der Waals surface area (Å²) < 4.78 is 4.81. The highest BCUT2D eigenvalue weighted by Crippen LogP contribution is 2.52. The predicted molar refractivity (Wildman–Crippen MR) is 400 cm³/mol. The van der Waals surface area contributed by atoms with Crippen molar-refractivity contribution < 1.29 is 0 Å². The summed E-state index contributed by atoms with van der Waals surface area (Å²) in [4.78, 5) is 20.1. The van der Waals surface area contributed by atoms with Crippen molar-refractivity contribution in [1.29, 1.82) is 0 Å². The van der Waals surface area contributed by atoms with Gasteiger partial charge in [0.1, 0.15) is 11.6 Å². The highest BCUT2D eigenvalue weighted by molar-refractivity contribution is 6.23. The van der Waals surface area contributed by atoms with Gasteiger partial charge in [0.15, 0.2) is 0 Å². The fraction of sp³-hybridized carbons (Fsp3) is 0. The van der Waals surface area contributed by atoms with Crippen LogP contribution < -0.4 is 19.6 Å². The maximum absolute atomic E-state index is 6.15. The van der Waals surface area contributed by atoms with E-state index in [0.717, 1.165) is 146 Å². The quantitative estimate of drug-likeness (QED) is 0.0961. The van der Waals surface area contributed by atoms with Gasteiger partial charge in [0.2, 0.25) is 0 Å². The van der Waals surface area contributed by atoms with Gasteiger partial charge in [-0.1, -0.05) is 188 Å². The number of nitrogens with zero attached hydrogens (tertiary/aromatic N) is 8. The summed E-state index contributed by atoms with van der Waals surface area (Å²) in [5, 5.41) is 4.26. The van der Waals surface area contributed by atoms with Crippen LogP contribution in [0.2, 0.25) is 0 Å². The standard InChI is InChI=1S/C88H62N8/c1-9-32-67(33-10-1)91(68-34-11-2-12-35-68)75-48-26-52-79-85(75)86-76(92(69-36-13-3-14-37-69)70-38-15-4-16-39-70)49-27-53-80(86)95(79)83-61-66(65-31-25-30-64(60-65)63-56-58-89-59-57-63)62-84(90-83)96-81-54-28-50-77(93(71-40-17-5-18-41-71)72-42-19-6-20-43-72)87(81)88-78(51-29-55-82(88)96)94(73-44-21-7-22-45-73)74-46-23-8-24-47-74/h1-62H. The van der Waals surface area contributed by atoms with Crippen LogP contribution in [0.25, 0.3) is 77.5 Å². The van der Waals surface area contributed by atoms with E-state index in [4.69, 9.17) is 4.98 Å². The van der Waals surface area contributed by atoms with Crippen molar-refractivity contribution in [3.05, 3.63) is 376 Å². The third-order valence-corrected chi connectivity index (χ3v) is 18.1. The van der Waals surface area contributed by atoms with Gasteiger partial charge in [-0.15, -0.1) is 0 Å². The molecule has 0 unspecified atom stereocenters. The zero-order chi connectivity index (χ0) is 63.7. The smallest absolute Gasteiger partial charge is 0.140 e. The van der Waals surface area contributed by atoms with Gasteiger partial charge in [0.05, 0.1) is 44.8 Å². The molecule has 0 saturated heterocycles. The zero-order valence-corrected chi connectivity index (χ0v) is 52.4. The minimum Gasteiger partial charge on any atom is -0.310 e. The van der Waals surface area contributed by atoms with Crippen LogP contribution in [0.15, 0.2) is 376 Å². The average Bonchev–Trinajstić information content (AvgIpc) is 1.54. The van der Waals surface area contributed by atoms with Gasteiger partial charge >= 0.3 is 0 Å². The van der Waals surface area contributed by atoms with Crippen LogP contribution in [-0.4, -0.2) is 19.1 Å². The lowest BCUT2D eigenvalue weighted by Crippen LogP contribution is -2.11. The van der Waals surface area contributed by atoms with Crippen molar-refractivity contribution in [1.82, 2.24) is 19.1 Å². The molecule has 0 atom stereocenters. The number of rotatable bonds is 16. The highest BCUT2D eigenvalue weighted by Gasteiger charge is 2.30. The van der Waals surface area contributed by atoms with Gasteiger partial charge in [-0.2, -0.15) is 0 Å². The molecule has 17 aromatic rings. The first kappa shape index (κ1) is 56.9. The fourth-order valence-electron chi connectivity index (χ4n) is 14.0. The topological polar surface area (TPSA) is 48.6 Å². The summed E-state index contributed by atoms with van der Waals surface area (Å²) in [5.41, 5.74) is 20.5. The first-order valence-corrected chi connectivity index (χ1v) is 32.5. The Morgan fingerprint density at radius 3 is 0.698 bits per heavy atom. The minimum atomic E-state index is 0.746. The molecule has 0 aliphatic heterocycles. The third kappa shape index (κ3) is 10.2. The minimum absolute atomic E-state index is 0.746. The molecule has 4 heterocycles. The Hall–Kier alpha value is -13.0. The Bertz CT molecular complexity index is 4830. The molecule has 0 fully saturated rings. The zero-order valence-electron chi connectivity index (χ0n) is 52.4. The van der Waals surface area contributed by atoms with E-state index in [2.05, 4.69) is 398 Å². The van der Waals surface area contributed by atoms with Crippen LogP contribution in [0, 0.1) is 0 Å². The Morgan fingerprint density at radius 2 is 0.438 bits per heavy atom. The van der Waals surface area contributed by atoms with Gasteiger partial charge in [-0.05, 0) is 198 Å². The van der Waals surface area contributed by atoms with Crippen molar-refractivity contribution in [3.63, 3.8) is 0 Å². The first-order valence-electron chi connectivity index (χ1n) is 32.5. The van der Waals surface area contributed by atoms with Crippen LogP contribution in [0.3, 0.4) is 0 Å². The van der Waals surface area contributed by atoms with Gasteiger partial charge in [0.25, 0.3) is 0 Å². The van der Waals surface area contributed by atoms with Crippen LogP contribution in [0.1, 0.15) is 0 Å². The molecule has 13 aromatic carbocycles. The number of pyridine rings is 2. The van der Waals surface area contributed by atoms with E-state index in [-0.39, 0.29) is 0 Å². The molecule has 0 amide bonds. The molecule has 0 spiro atoms. The van der Waals surface area contributed by atoms with Crippen LogP contribution in [0.5, 0.6) is 0 Å². The monoisotopic (exact) mass is 1230 g/mol. The van der Waals surface area contributed by atoms with Crippen LogP contribution in [-0.2, 0) is 0 Å². The first-order chi connectivity index (χ1) is 47.7. The maximum atomic E-state index is 6.15. The van der Waals surface area contributed by atoms with Crippen molar-refractivity contribution in [2.75, 3.05) is 19.6 Å². The van der Waals surface area contributed by atoms with Crippen LogP contribution in [0.4, 0.5) is 68.2 Å². The Balaban J connectivity index is 1.01. The summed E-state index contributed by atoms with van der Waals surface area (Å²) >= 11 is 0. The van der Waals surface area contributed by atoms with Crippen molar-refractivity contribution in [2.24, 2.45) is 0 Å². The molecule has 8 heteroatoms. The largest absolute Gasteiger partial charge is 0.310 e. The van der Waals surface area contributed by atoms with E-state index < -0.39 is 0 Å². The highest BCUT2D eigenvalue weighted by atomic mass is 15.2. The number of para-hydroxylation sites is 8. The molecule has 454 valence electrons. The number of hydrogen-bond donors (Lipinski definition) is 0. The van der Waals surface area contributed by atoms with Crippen molar-refractivity contribution in [3.8, 4) is 33.9 Å². The van der Waals surface area contributed by atoms with Gasteiger partial charge in [-0.3, -0.25) is 14.1 Å². The molecule has 17 rings (SSSR count). The van der Waals surface area contributed by atoms with Crippen molar-refractivity contribution in [2.45, 2.75) is 0 Å². The second-order valence-electron chi connectivity index (χ2n) is 23.8. The van der Waals surface area contributed by atoms with Gasteiger partial charge in [-0.25, -0.2) is 4.98 Å². The summed E-state index contributed by atoms with van der Waals surface area (Å²) in [6.45, 7) is 0. The molecular weight excluding hydrogens is 1170 g/mol. The Kier molecular flexibility index (Phi) is 14.7. The third-order valence-electron chi connectivity index (χ3n) is 18.1. The van der Waals surface area contributed by atoms with Gasteiger partial charge in [0, 0.05) is 79.4 Å². The molecule has 96 heavy (non-hydrogen) atoms. The molecule has 0 N–H and O–H groups in total. The Morgan fingerprint density at radius 1 is 0.198 bits per heavy atom. The van der Waals surface area contributed by atoms with E-state index >= 15 is 0 Å². The molecule has 4 aromatic heterocycles. The van der Waals surface area contributed by atoms with E-state index in [9.17, 15) is 0 Å². The number of anilines is 12. The summed E-state index contributed by atoms with van der Waals surface area (Å²) in [5.74, 6) is 1.49. The molecule has 0 bridgehead atoms. The van der Waals surface area contributed by atoms with E-state index in [0.29, 0.717) is 0 Å². The SMILES string of the molecule is c1ccc(N(c2ccccc2)c2cccc3c2c2c(N(c4ccccc4)c4ccccc4)cccc2n3-c2cc(-c3cccc(-c4ccncc4)c3)cc(-n3c4cccc(N(c5ccccc5)c5ccccc5)c4c4c(N(c5ccccc5)c5ccccc5)cccc43)n2)cc1. The number of fused-ring (bicyclic) bond motifs is 6. The second-order valence-corrected chi connectivity index (χ2v) is 23.8. The number of benzene rings is 13. The number of aromatic nitrogens is 4. The fourth-order valence-corrected chi connectivity index (χ4v) is 14.0. The molecule has 0 aliphatic carbocycles. The Labute approximate surface area is 557 Å². The van der Waals surface area contributed by atoms with E-state index in [1.807, 2.05) is 12.4 Å². The van der Waals surface area contributed by atoms with E-state index in [1.165, 1.54) is 0 Å². The average molecular weight is 1230 g/mol. The predicted octanol–water partition coefficient (Wildman–Crippen LogP) is 23.9. The summed E-state index contributed by atoms with van der Waals surface area (Å²) in [6, 6.07) is 130. The lowest BCUT2D eigenvalue weighted by Gasteiger charge is -2.28. The normalized spacial score (nSPS) is 11.3. The van der Waals surface area contributed by atoms with Crippen molar-refractivity contribution >= 4 is 112 Å². The molecule has 0 aliphatic rings. The lowest BCUT2D eigenvalue weighted by atomic mass is 10.00. The van der Waals surface area contributed by atoms with Crippen LogP contribution >= 0.6 is 0 Å².